The summed E-state index contributed by atoms with van der Waals surface area (Å²) in [5.74, 6) is -0.292. The number of aliphatic hydroxyl groups excluding tert-OH is 1. The Bertz CT molecular complexity index is 1410. The number of anilines is 1. The van der Waals surface area contributed by atoms with Gasteiger partial charge in [0.1, 0.15) is 16.4 Å². The van der Waals surface area contributed by atoms with Crippen molar-refractivity contribution in [2.75, 3.05) is 4.90 Å². The van der Waals surface area contributed by atoms with E-state index in [2.05, 4.69) is 26.2 Å². The summed E-state index contributed by atoms with van der Waals surface area (Å²) in [4.78, 5) is 34.2. The molecule has 3 heterocycles. The molecule has 0 radical (unpaired) electrons. The number of hydrogen-bond acceptors (Lipinski definition) is 8. The van der Waals surface area contributed by atoms with Gasteiger partial charge in [-0.2, -0.15) is 0 Å². The summed E-state index contributed by atoms with van der Waals surface area (Å²) in [6.07, 6.45) is 2.10. The first-order valence-corrected chi connectivity index (χ1v) is 15.7. The summed E-state index contributed by atoms with van der Waals surface area (Å²) in [7, 11) is 0. The fourth-order valence-corrected chi connectivity index (χ4v) is 7.50. The van der Waals surface area contributed by atoms with Gasteiger partial charge >= 0.3 is 12.2 Å². The number of aliphatic hydroxyl groups is 1. The highest BCUT2D eigenvalue weighted by Crippen LogP contribution is 2.47. The normalized spacial score (nSPS) is 19.5. The van der Waals surface area contributed by atoms with Crippen LogP contribution in [-0.2, 0) is 16.0 Å². The van der Waals surface area contributed by atoms with E-state index in [0.29, 0.717) is 28.6 Å². The van der Waals surface area contributed by atoms with Gasteiger partial charge in [-0.25, -0.2) is 14.6 Å². The molecule has 0 aromatic carbocycles. The molecule has 2 unspecified atom stereocenters. The first-order chi connectivity index (χ1) is 18.6. The number of thiophene rings is 2. The predicted octanol–water partition coefficient (Wildman–Crippen LogP) is 8.01. The van der Waals surface area contributed by atoms with E-state index < -0.39 is 35.5 Å². The molecule has 0 aliphatic heterocycles. The molecular formula is C28H33BrClN3O5S2. The Morgan fingerprint density at radius 2 is 1.93 bits per heavy atom. The van der Waals surface area contributed by atoms with Crippen molar-refractivity contribution in [3.05, 3.63) is 55.1 Å². The van der Waals surface area contributed by atoms with Gasteiger partial charge in [-0.3, -0.25) is 4.90 Å². The van der Waals surface area contributed by atoms with Crippen molar-refractivity contribution in [2.24, 2.45) is 0 Å². The van der Waals surface area contributed by atoms with Crippen molar-refractivity contribution in [3.8, 4) is 0 Å². The molecule has 1 aliphatic rings. The van der Waals surface area contributed by atoms with Gasteiger partial charge in [0.05, 0.1) is 39.1 Å². The quantitative estimate of drug-likeness (QED) is 0.211. The number of nitrogens with zero attached hydrogens (tertiary/aromatic N) is 2. The van der Waals surface area contributed by atoms with E-state index in [9.17, 15) is 14.7 Å². The van der Waals surface area contributed by atoms with Gasteiger partial charge in [0.25, 0.3) is 0 Å². The number of alkyl carbamates (subject to hydrolysis) is 1. The fourth-order valence-electron chi connectivity index (χ4n) is 4.34. The van der Waals surface area contributed by atoms with Gasteiger partial charge in [-0.15, -0.1) is 22.7 Å². The zero-order valence-electron chi connectivity index (χ0n) is 23.2. The van der Waals surface area contributed by atoms with Crippen LogP contribution in [0.4, 0.5) is 15.3 Å². The number of ether oxygens (including phenoxy) is 2. The maximum absolute atomic E-state index is 13.5. The second kappa shape index (κ2) is 12.0. The number of carbonyl (C=O) groups excluding carboxylic acids is 2. The molecule has 40 heavy (non-hydrogen) atoms. The van der Waals surface area contributed by atoms with E-state index in [0.717, 1.165) is 14.5 Å². The summed E-state index contributed by atoms with van der Waals surface area (Å²) in [6, 6.07) is 4.92. The van der Waals surface area contributed by atoms with E-state index in [4.69, 9.17) is 21.1 Å². The highest BCUT2D eigenvalue weighted by molar-refractivity contribution is 9.10. The Morgan fingerprint density at radius 1 is 1.23 bits per heavy atom. The molecular weight excluding hydrogens is 638 g/mol. The third kappa shape index (κ3) is 7.36. The molecule has 216 valence electrons. The minimum absolute atomic E-state index is 0.222. The molecule has 0 bridgehead atoms. The number of amides is 2. The average molecular weight is 671 g/mol. The van der Waals surface area contributed by atoms with Gasteiger partial charge in [-0.1, -0.05) is 29.8 Å². The predicted molar refractivity (Wildman–Crippen MR) is 165 cm³/mol. The lowest BCUT2D eigenvalue weighted by Crippen LogP contribution is -2.49. The van der Waals surface area contributed by atoms with Gasteiger partial charge in [0, 0.05) is 21.7 Å². The topological polar surface area (TPSA) is 101 Å². The van der Waals surface area contributed by atoms with E-state index in [1.807, 2.05) is 44.4 Å². The third-order valence-electron chi connectivity index (χ3n) is 5.90. The Balaban J connectivity index is 1.79. The van der Waals surface area contributed by atoms with E-state index in [-0.39, 0.29) is 11.1 Å². The van der Waals surface area contributed by atoms with Crippen LogP contribution in [0.2, 0.25) is 5.15 Å². The highest BCUT2D eigenvalue weighted by Gasteiger charge is 2.37. The molecule has 2 N–H and O–H groups in total. The Labute approximate surface area is 255 Å². The van der Waals surface area contributed by atoms with Crippen LogP contribution in [0.1, 0.15) is 63.6 Å². The van der Waals surface area contributed by atoms with Crippen LogP contribution in [-0.4, -0.2) is 45.6 Å². The number of aromatic nitrogens is 1. The number of nitrogens with one attached hydrogen (secondary N) is 1. The molecule has 0 spiro atoms. The molecule has 2 amide bonds. The van der Waals surface area contributed by atoms with Gasteiger partial charge in [0.15, 0.2) is 0 Å². The minimum Gasteiger partial charge on any atom is -0.444 e. The van der Waals surface area contributed by atoms with Crippen molar-refractivity contribution >= 4 is 78.3 Å². The Hall–Kier alpha value is -2.18. The highest BCUT2D eigenvalue weighted by atomic mass is 79.9. The van der Waals surface area contributed by atoms with E-state index in [1.54, 1.807) is 49.2 Å². The maximum atomic E-state index is 13.5. The first-order valence-electron chi connectivity index (χ1n) is 12.8. The second-order valence-corrected chi connectivity index (χ2v) is 14.8. The second-order valence-electron chi connectivity index (χ2n) is 11.5. The maximum Gasteiger partial charge on any atom is 0.415 e. The number of hydrogen-bond donors (Lipinski definition) is 2. The molecule has 3 aromatic rings. The molecule has 0 saturated carbocycles. The first kappa shape index (κ1) is 30.8. The van der Waals surface area contributed by atoms with Crippen LogP contribution in [0, 0.1) is 0 Å². The molecule has 4 rings (SSSR count). The number of halogens is 2. The fraction of sp³-hybridized carbons (Fsp3) is 0.464. The van der Waals surface area contributed by atoms with Crippen molar-refractivity contribution < 1.29 is 24.2 Å². The SMILES string of the molecule is CC(C)(C)OC(=O)NC1C(c2sc3c(N(Cc4cccs4)C(=O)OC(C)(C)C)cc(Cl)nc3c2Br)CC=C[C@H]1O. The van der Waals surface area contributed by atoms with Crippen LogP contribution >= 0.6 is 50.2 Å². The van der Waals surface area contributed by atoms with Crippen molar-refractivity contribution in [1.82, 2.24) is 10.3 Å². The minimum atomic E-state index is -0.920. The van der Waals surface area contributed by atoms with E-state index in [1.165, 1.54) is 11.3 Å². The molecule has 3 atom stereocenters. The standard InChI is InChI=1S/C28H33BrClN3O5S2/c1-27(2,3)37-25(35)32-21-16(10-7-11-18(21)34)23-20(29)22-24(40-23)17(13-19(30)31-22)33(14-15-9-8-12-39-15)26(36)38-28(4,5)6/h7-9,11-13,16,18,21,34H,10,14H2,1-6H3,(H,32,35)/t16?,18-,21?/m1/s1. The van der Waals surface area contributed by atoms with Crippen LogP contribution < -0.4 is 10.2 Å². The molecule has 1 aliphatic carbocycles. The van der Waals surface area contributed by atoms with Gasteiger partial charge in [-0.05, 0) is 75.3 Å². The number of pyridine rings is 1. The summed E-state index contributed by atoms with van der Waals surface area (Å²) in [5, 5.41) is 15.9. The van der Waals surface area contributed by atoms with Gasteiger partial charge < -0.3 is 19.9 Å². The number of rotatable bonds is 5. The zero-order valence-corrected chi connectivity index (χ0v) is 27.1. The summed E-state index contributed by atoms with van der Waals surface area (Å²) >= 11 is 13.2. The molecule has 3 aromatic heterocycles. The molecule has 0 fully saturated rings. The summed E-state index contributed by atoms with van der Waals surface area (Å²) in [5.41, 5.74) is -0.232. The smallest absolute Gasteiger partial charge is 0.415 e. The lowest BCUT2D eigenvalue weighted by Gasteiger charge is -2.33. The molecule has 8 nitrogen and oxygen atoms in total. The molecule has 12 heteroatoms. The van der Waals surface area contributed by atoms with Crippen molar-refractivity contribution in [3.63, 3.8) is 0 Å². The Kier molecular flexibility index (Phi) is 9.21. The van der Waals surface area contributed by atoms with Crippen molar-refractivity contribution in [2.45, 2.75) is 83.8 Å². The Morgan fingerprint density at radius 3 is 2.55 bits per heavy atom. The summed E-state index contributed by atoms with van der Waals surface area (Å²) < 4.78 is 12.7. The van der Waals surface area contributed by atoms with Crippen LogP contribution in [0.15, 0.2) is 40.2 Å². The van der Waals surface area contributed by atoms with Crippen molar-refractivity contribution in [1.29, 1.82) is 0 Å². The van der Waals surface area contributed by atoms with Crippen LogP contribution in [0.5, 0.6) is 0 Å². The lowest BCUT2D eigenvalue weighted by atomic mass is 9.86. The van der Waals surface area contributed by atoms with Crippen LogP contribution in [0.25, 0.3) is 10.2 Å². The average Bonchev–Trinajstić information content (AvgIpc) is 3.44. The van der Waals surface area contributed by atoms with Gasteiger partial charge in [0.2, 0.25) is 0 Å². The third-order valence-corrected chi connectivity index (χ3v) is 9.36. The molecule has 0 saturated heterocycles. The summed E-state index contributed by atoms with van der Waals surface area (Å²) in [6.45, 7) is 11.1. The van der Waals surface area contributed by atoms with Crippen LogP contribution in [0.3, 0.4) is 0 Å². The number of allylic oxidation sites excluding steroid dienone is 1. The zero-order chi connectivity index (χ0) is 29.4. The number of carbonyl (C=O) groups is 2. The van der Waals surface area contributed by atoms with E-state index >= 15 is 0 Å². The lowest BCUT2D eigenvalue weighted by molar-refractivity contribution is 0.0430. The number of fused-ring (bicyclic) bond motifs is 1. The largest absolute Gasteiger partial charge is 0.444 e. The monoisotopic (exact) mass is 669 g/mol.